The van der Waals surface area contributed by atoms with Crippen molar-refractivity contribution in [1.82, 2.24) is 5.32 Å². The largest absolute Gasteiger partial charge is 0.345 e. The smallest absolute Gasteiger partial charge is 0.227 e. The van der Waals surface area contributed by atoms with Crippen molar-refractivity contribution < 1.29 is 9.59 Å². The van der Waals surface area contributed by atoms with E-state index in [4.69, 9.17) is 6.42 Å². The van der Waals surface area contributed by atoms with Crippen LogP contribution in [0.5, 0.6) is 0 Å². The summed E-state index contributed by atoms with van der Waals surface area (Å²) < 4.78 is 0. The van der Waals surface area contributed by atoms with E-state index < -0.39 is 0 Å². The lowest BCUT2D eigenvalue weighted by Crippen LogP contribution is -2.33. The molecule has 1 aliphatic heterocycles. The average molecular weight is 256 g/mol. The zero-order chi connectivity index (χ0) is 13.8. The fourth-order valence-corrected chi connectivity index (χ4v) is 2.14. The average Bonchev–Trinajstić information content (AvgIpc) is 2.79. The van der Waals surface area contributed by atoms with Gasteiger partial charge in [0.05, 0.1) is 12.5 Å². The molecule has 0 aliphatic carbocycles. The van der Waals surface area contributed by atoms with Crippen LogP contribution in [0, 0.1) is 25.2 Å². The molecular weight excluding hydrogens is 240 g/mol. The molecule has 1 aromatic rings. The molecule has 1 N–H and O–H groups in total. The lowest BCUT2D eigenvalue weighted by atomic mass is 10.1. The molecule has 19 heavy (non-hydrogen) atoms. The van der Waals surface area contributed by atoms with E-state index in [9.17, 15) is 9.59 Å². The number of carbonyl (C=O) groups is 2. The van der Waals surface area contributed by atoms with Gasteiger partial charge in [0, 0.05) is 18.7 Å². The monoisotopic (exact) mass is 256 g/mol. The zero-order valence-electron chi connectivity index (χ0n) is 10.8. The quantitative estimate of drug-likeness (QED) is 0.823. The van der Waals surface area contributed by atoms with E-state index in [-0.39, 0.29) is 30.7 Å². The lowest BCUT2D eigenvalue weighted by Gasteiger charge is -2.16. The van der Waals surface area contributed by atoms with Crippen LogP contribution in [0.15, 0.2) is 24.3 Å². The van der Waals surface area contributed by atoms with Crippen molar-refractivity contribution in [3.8, 4) is 12.3 Å². The highest BCUT2D eigenvalue weighted by Gasteiger charge is 2.34. The molecule has 0 saturated carbocycles. The van der Waals surface area contributed by atoms with Crippen LogP contribution < -0.4 is 10.2 Å². The number of amides is 2. The molecule has 1 saturated heterocycles. The molecule has 1 aliphatic rings. The minimum absolute atomic E-state index is 0.0234. The van der Waals surface area contributed by atoms with Crippen LogP contribution in [0.25, 0.3) is 0 Å². The van der Waals surface area contributed by atoms with E-state index in [1.54, 1.807) is 4.90 Å². The Hall–Kier alpha value is -2.28. The predicted molar refractivity (Wildman–Crippen MR) is 73.5 cm³/mol. The number of aryl methyl sites for hydroxylation is 1. The van der Waals surface area contributed by atoms with Crippen molar-refractivity contribution in [2.24, 2.45) is 5.92 Å². The van der Waals surface area contributed by atoms with E-state index in [2.05, 4.69) is 11.2 Å². The highest BCUT2D eigenvalue weighted by Crippen LogP contribution is 2.25. The number of hydrogen-bond acceptors (Lipinski definition) is 2. The second-order valence-electron chi connectivity index (χ2n) is 4.66. The molecule has 0 aromatic heterocycles. The van der Waals surface area contributed by atoms with Gasteiger partial charge in [-0.3, -0.25) is 9.59 Å². The van der Waals surface area contributed by atoms with Gasteiger partial charge in [0.1, 0.15) is 0 Å². The third-order valence-corrected chi connectivity index (χ3v) is 3.21. The third-order valence-electron chi connectivity index (χ3n) is 3.21. The molecule has 2 amide bonds. The Labute approximate surface area is 112 Å². The lowest BCUT2D eigenvalue weighted by molar-refractivity contribution is -0.126. The summed E-state index contributed by atoms with van der Waals surface area (Å²) in [6.07, 6.45) is 5.33. The molecule has 98 valence electrons. The fourth-order valence-electron chi connectivity index (χ4n) is 2.14. The first kappa shape index (κ1) is 13.2. The zero-order valence-corrected chi connectivity index (χ0v) is 10.8. The molecule has 4 nitrogen and oxygen atoms in total. The summed E-state index contributed by atoms with van der Waals surface area (Å²) >= 11 is 0. The van der Waals surface area contributed by atoms with Gasteiger partial charge in [-0.2, -0.15) is 0 Å². The Kier molecular flexibility index (Phi) is 3.86. The van der Waals surface area contributed by atoms with Gasteiger partial charge in [0.2, 0.25) is 11.8 Å². The van der Waals surface area contributed by atoms with Crippen LogP contribution in [0.4, 0.5) is 5.69 Å². The maximum Gasteiger partial charge on any atom is 0.227 e. The molecule has 1 fully saturated rings. The van der Waals surface area contributed by atoms with Crippen molar-refractivity contribution in [2.75, 3.05) is 18.0 Å². The number of nitrogens with one attached hydrogen (secondary N) is 1. The summed E-state index contributed by atoms with van der Waals surface area (Å²) in [5.74, 6) is 1.86. The number of carbonyl (C=O) groups excluding carboxylic acids is 2. The number of benzene rings is 1. The number of terminal acetylenes is 1. The van der Waals surface area contributed by atoms with E-state index >= 15 is 0 Å². The number of rotatable bonds is 3. The number of anilines is 1. The Balaban J connectivity index is 2.05. The highest BCUT2D eigenvalue weighted by molar-refractivity contribution is 6.00. The van der Waals surface area contributed by atoms with Crippen LogP contribution in [0.1, 0.15) is 12.0 Å². The van der Waals surface area contributed by atoms with Crippen LogP contribution in [-0.4, -0.2) is 24.9 Å². The SMILES string of the molecule is C#CCNC(=O)C1CC(=O)N(c2ccc(C)cc2)C1. The second-order valence-corrected chi connectivity index (χ2v) is 4.66. The molecule has 1 heterocycles. The molecular formula is C15H16N2O2. The summed E-state index contributed by atoms with van der Waals surface area (Å²) in [4.78, 5) is 25.4. The summed E-state index contributed by atoms with van der Waals surface area (Å²) in [7, 11) is 0. The molecule has 0 bridgehead atoms. The van der Waals surface area contributed by atoms with Gasteiger partial charge in [-0.1, -0.05) is 23.6 Å². The molecule has 1 aromatic carbocycles. The van der Waals surface area contributed by atoms with Crippen LogP contribution in [0.3, 0.4) is 0 Å². The minimum Gasteiger partial charge on any atom is -0.345 e. The minimum atomic E-state index is -0.317. The van der Waals surface area contributed by atoms with Crippen molar-refractivity contribution in [1.29, 1.82) is 0 Å². The summed E-state index contributed by atoms with van der Waals surface area (Å²) in [6, 6.07) is 7.70. The topological polar surface area (TPSA) is 49.4 Å². The van der Waals surface area contributed by atoms with Crippen molar-refractivity contribution >= 4 is 17.5 Å². The fraction of sp³-hybridized carbons (Fsp3) is 0.333. The number of hydrogen-bond donors (Lipinski definition) is 1. The number of nitrogens with zero attached hydrogens (tertiary/aromatic N) is 1. The maximum atomic E-state index is 12.0. The van der Waals surface area contributed by atoms with Crippen molar-refractivity contribution in [2.45, 2.75) is 13.3 Å². The first-order chi connectivity index (χ1) is 9.11. The summed E-state index contributed by atoms with van der Waals surface area (Å²) in [5.41, 5.74) is 1.97. The molecule has 1 atom stereocenters. The Bertz CT molecular complexity index is 528. The Morgan fingerprint density at radius 2 is 2.16 bits per heavy atom. The van der Waals surface area contributed by atoms with Gasteiger partial charge in [-0.25, -0.2) is 0 Å². The Morgan fingerprint density at radius 1 is 1.47 bits per heavy atom. The summed E-state index contributed by atoms with van der Waals surface area (Å²) in [6.45, 7) is 2.61. The molecule has 4 heteroatoms. The molecule has 0 radical (unpaired) electrons. The van der Waals surface area contributed by atoms with E-state index in [1.807, 2.05) is 31.2 Å². The van der Waals surface area contributed by atoms with E-state index in [0.717, 1.165) is 11.3 Å². The molecule has 2 rings (SSSR count). The van der Waals surface area contributed by atoms with Gasteiger partial charge >= 0.3 is 0 Å². The van der Waals surface area contributed by atoms with Crippen molar-refractivity contribution in [3.05, 3.63) is 29.8 Å². The maximum absolute atomic E-state index is 12.0. The Morgan fingerprint density at radius 3 is 2.79 bits per heavy atom. The van der Waals surface area contributed by atoms with Gasteiger partial charge in [0.25, 0.3) is 0 Å². The molecule has 1 unspecified atom stereocenters. The van der Waals surface area contributed by atoms with E-state index in [0.29, 0.717) is 6.54 Å². The first-order valence-corrected chi connectivity index (χ1v) is 6.20. The van der Waals surface area contributed by atoms with Crippen LogP contribution in [-0.2, 0) is 9.59 Å². The third kappa shape index (κ3) is 2.94. The first-order valence-electron chi connectivity index (χ1n) is 6.20. The highest BCUT2D eigenvalue weighted by atomic mass is 16.2. The van der Waals surface area contributed by atoms with E-state index in [1.165, 1.54) is 0 Å². The van der Waals surface area contributed by atoms with Gasteiger partial charge in [-0.05, 0) is 19.1 Å². The predicted octanol–water partition coefficient (Wildman–Crippen LogP) is 1.10. The van der Waals surface area contributed by atoms with Crippen LogP contribution in [0.2, 0.25) is 0 Å². The van der Waals surface area contributed by atoms with Gasteiger partial charge in [0.15, 0.2) is 0 Å². The van der Waals surface area contributed by atoms with Crippen molar-refractivity contribution in [3.63, 3.8) is 0 Å². The van der Waals surface area contributed by atoms with Gasteiger partial charge in [-0.15, -0.1) is 6.42 Å². The normalized spacial score (nSPS) is 18.2. The summed E-state index contributed by atoms with van der Waals surface area (Å²) in [5, 5.41) is 2.62. The molecule has 0 spiro atoms. The second kappa shape index (κ2) is 5.57. The standard InChI is InChI=1S/C15H16N2O2/c1-3-8-16-15(19)12-9-14(18)17(10-12)13-6-4-11(2)5-7-13/h1,4-7,12H,8-10H2,2H3,(H,16,19). The van der Waals surface area contributed by atoms with Gasteiger partial charge < -0.3 is 10.2 Å². The van der Waals surface area contributed by atoms with Crippen LogP contribution >= 0.6 is 0 Å².